The molecule has 0 aliphatic heterocycles. The lowest BCUT2D eigenvalue weighted by molar-refractivity contribution is -0.862. The SMILES string of the molecule is COC(=O)c1ccc(CNC(=O)C[NH+](C)CC(=O)NC(C)(C)C)cc1. The standard InChI is InChI=1S/C18H27N3O4/c1-18(2,3)20-16(23)12-21(4)11-15(22)19-10-13-6-8-14(9-7-13)17(24)25-5/h6-9H,10-12H2,1-5H3,(H,19,22)(H,20,23)/p+1. The van der Waals surface area contributed by atoms with Crippen LogP contribution in [0.1, 0.15) is 36.7 Å². The number of esters is 1. The molecule has 1 aromatic rings. The summed E-state index contributed by atoms with van der Waals surface area (Å²) in [5.74, 6) is -0.622. The van der Waals surface area contributed by atoms with Crippen LogP contribution in [0.4, 0.5) is 0 Å². The number of hydrogen-bond donors (Lipinski definition) is 3. The third-order valence-electron chi connectivity index (χ3n) is 3.30. The quantitative estimate of drug-likeness (QED) is 0.580. The van der Waals surface area contributed by atoms with E-state index in [9.17, 15) is 14.4 Å². The van der Waals surface area contributed by atoms with Gasteiger partial charge in [0, 0.05) is 12.1 Å². The molecule has 0 spiro atoms. The fourth-order valence-electron chi connectivity index (χ4n) is 2.21. The molecule has 1 rings (SSSR count). The van der Waals surface area contributed by atoms with Gasteiger partial charge in [0.1, 0.15) is 0 Å². The van der Waals surface area contributed by atoms with E-state index in [0.29, 0.717) is 12.1 Å². The van der Waals surface area contributed by atoms with Gasteiger partial charge in [-0.1, -0.05) is 12.1 Å². The van der Waals surface area contributed by atoms with Crippen LogP contribution < -0.4 is 15.5 Å². The Morgan fingerprint density at radius 2 is 1.60 bits per heavy atom. The number of carbonyl (C=O) groups is 3. The van der Waals surface area contributed by atoms with E-state index in [4.69, 9.17) is 0 Å². The van der Waals surface area contributed by atoms with Crippen molar-refractivity contribution in [1.82, 2.24) is 10.6 Å². The van der Waals surface area contributed by atoms with Crippen LogP contribution in [-0.2, 0) is 20.9 Å². The molecule has 1 unspecified atom stereocenters. The highest BCUT2D eigenvalue weighted by atomic mass is 16.5. The average Bonchev–Trinajstić information content (AvgIpc) is 2.50. The molecule has 1 atom stereocenters. The van der Waals surface area contributed by atoms with Crippen molar-refractivity contribution in [3.8, 4) is 0 Å². The Kier molecular flexibility index (Phi) is 7.57. The van der Waals surface area contributed by atoms with Gasteiger partial charge in [0.15, 0.2) is 13.1 Å². The van der Waals surface area contributed by atoms with Gasteiger partial charge in [-0.3, -0.25) is 9.59 Å². The Balaban J connectivity index is 2.39. The monoisotopic (exact) mass is 350 g/mol. The minimum absolute atomic E-state index is 0.0869. The zero-order valence-corrected chi connectivity index (χ0v) is 15.6. The molecule has 0 fully saturated rings. The van der Waals surface area contributed by atoms with Gasteiger partial charge in [0.25, 0.3) is 11.8 Å². The summed E-state index contributed by atoms with van der Waals surface area (Å²) < 4.78 is 4.64. The molecular weight excluding hydrogens is 322 g/mol. The maximum Gasteiger partial charge on any atom is 0.337 e. The summed E-state index contributed by atoms with van der Waals surface area (Å²) >= 11 is 0. The molecule has 0 aliphatic rings. The third-order valence-corrected chi connectivity index (χ3v) is 3.30. The number of methoxy groups -OCH3 is 1. The van der Waals surface area contributed by atoms with E-state index in [1.54, 1.807) is 31.3 Å². The molecule has 0 radical (unpaired) electrons. The Hall–Kier alpha value is -2.41. The zero-order chi connectivity index (χ0) is 19.0. The molecule has 7 heteroatoms. The lowest BCUT2D eigenvalue weighted by Gasteiger charge is -2.21. The van der Waals surface area contributed by atoms with E-state index in [1.165, 1.54) is 7.11 Å². The number of quaternary nitrogens is 1. The molecule has 7 nitrogen and oxygen atoms in total. The van der Waals surface area contributed by atoms with Gasteiger partial charge in [-0.2, -0.15) is 0 Å². The van der Waals surface area contributed by atoms with Crippen molar-refractivity contribution in [2.75, 3.05) is 27.2 Å². The summed E-state index contributed by atoms with van der Waals surface area (Å²) in [4.78, 5) is 36.0. The van der Waals surface area contributed by atoms with Crippen molar-refractivity contribution in [3.05, 3.63) is 35.4 Å². The molecular formula is C18H28N3O4+. The van der Waals surface area contributed by atoms with Crippen molar-refractivity contribution in [3.63, 3.8) is 0 Å². The zero-order valence-electron chi connectivity index (χ0n) is 15.6. The highest BCUT2D eigenvalue weighted by molar-refractivity contribution is 5.89. The minimum Gasteiger partial charge on any atom is -0.465 e. The van der Waals surface area contributed by atoms with Crippen LogP contribution in [0.15, 0.2) is 24.3 Å². The first-order chi connectivity index (χ1) is 11.6. The van der Waals surface area contributed by atoms with Gasteiger partial charge in [0.2, 0.25) is 0 Å². The largest absolute Gasteiger partial charge is 0.465 e. The van der Waals surface area contributed by atoms with Crippen LogP contribution in [0.5, 0.6) is 0 Å². The molecule has 0 aromatic heterocycles. The Morgan fingerprint density at radius 1 is 1.04 bits per heavy atom. The van der Waals surface area contributed by atoms with E-state index < -0.39 is 5.97 Å². The average molecular weight is 350 g/mol. The molecule has 25 heavy (non-hydrogen) atoms. The normalized spacial score (nSPS) is 12.2. The van der Waals surface area contributed by atoms with Crippen molar-refractivity contribution in [2.24, 2.45) is 0 Å². The maximum absolute atomic E-state index is 12.0. The molecule has 0 aliphatic carbocycles. The Labute approximate surface area is 148 Å². The van der Waals surface area contributed by atoms with E-state index in [-0.39, 0.29) is 30.4 Å². The summed E-state index contributed by atoms with van der Waals surface area (Å²) in [5, 5.41) is 5.68. The molecule has 138 valence electrons. The number of ether oxygens (including phenoxy) is 1. The first-order valence-electron chi connectivity index (χ1n) is 8.17. The van der Waals surface area contributed by atoms with Crippen LogP contribution in [0, 0.1) is 0 Å². The number of amides is 2. The Bertz CT molecular complexity index is 606. The number of nitrogens with one attached hydrogen (secondary N) is 3. The fourth-order valence-corrected chi connectivity index (χ4v) is 2.21. The van der Waals surface area contributed by atoms with Gasteiger partial charge < -0.3 is 20.3 Å². The summed E-state index contributed by atoms with van der Waals surface area (Å²) in [6.45, 7) is 6.55. The maximum atomic E-state index is 12.0. The van der Waals surface area contributed by atoms with Gasteiger partial charge in [-0.15, -0.1) is 0 Å². The van der Waals surface area contributed by atoms with E-state index in [1.807, 2.05) is 20.8 Å². The first kappa shape index (κ1) is 20.6. The summed E-state index contributed by atoms with van der Waals surface area (Å²) in [5.41, 5.74) is 1.06. The smallest absolute Gasteiger partial charge is 0.337 e. The van der Waals surface area contributed by atoms with Crippen LogP contribution in [0.2, 0.25) is 0 Å². The number of likely N-dealkylation sites (N-methyl/N-ethyl adjacent to an activating group) is 1. The second kappa shape index (κ2) is 9.17. The number of benzene rings is 1. The van der Waals surface area contributed by atoms with E-state index in [2.05, 4.69) is 15.4 Å². The Morgan fingerprint density at radius 3 is 2.12 bits per heavy atom. The topological polar surface area (TPSA) is 88.9 Å². The predicted molar refractivity (Wildman–Crippen MR) is 94.1 cm³/mol. The molecule has 0 saturated heterocycles. The van der Waals surface area contributed by atoms with Crippen LogP contribution in [0.3, 0.4) is 0 Å². The fraction of sp³-hybridized carbons (Fsp3) is 0.500. The van der Waals surface area contributed by atoms with Gasteiger partial charge in [0.05, 0.1) is 19.7 Å². The lowest BCUT2D eigenvalue weighted by atomic mass is 10.1. The second-order valence-corrected chi connectivity index (χ2v) is 7.07. The van der Waals surface area contributed by atoms with Crippen molar-refractivity contribution in [2.45, 2.75) is 32.9 Å². The molecule has 3 N–H and O–H groups in total. The highest BCUT2D eigenvalue weighted by Gasteiger charge is 2.18. The predicted octanol–water partition coefficient (Wildman–Crippen LogP) is -0.481. The van der Waals surface area contributed by atoms with E-state index in [0.717, 1.165) is 10.5 Å². The van der Waals surface area contributed by atoms with Gasteiger partial charge >= 0.3 is 5.97 Å². The number of carbonyl (C=O) groups excluding carboxylic acids is 3. The van der Waals surface area contributed by atoms with Crippen molar-refractivity contribution >= 4 is 17.8 Å². The summed E-state index contributed by atoms with van der Waals surface area (Å²) in [6, 6.07) is 6.84. The van der Waals surface area contributed by atoms with Crippen LogP contribution in [-0.4, -0.2) is 50.6 Å². The number of rotatable bonds is 7. The molecule has 2 amide bonds. The molecule has 0 bridgehead atoms. The van der Waals surface area contributed by atoms with Crippen LogP contribution in [0.25, 0.3) is 0 Å². The molecule has 0 saturated carbocycles. The van der Waals surface area contributed by atoms with Crippen molar-refractivity contribution < 1.29 is 24.0 Å². The summed E-state index contributed by atoms with van der Waals surface area (Å²) in [6.07, 6.45) is 0. The molecule has 1 aromatic carbocycles. The van der Waals surface area contributed by atoms with Gasteiger partial charge in [-0.05, 0) is 38.5 Å². The summed E-state index contributed by atoms with van der Waals surface area (Å²) in [7, 11) is 3.13. The minimum atomic E-state index is -0.394. The second-order valence-electron chi connectivity index (χ2n) is 7.07. The van der Waals surface area contributed by atoms with E-state index >= 15 is 0 Å². The highest BCUT2D eigenvalue weighted by Crippen LogP contribution is 2.05. The molecule has 0 heterocycles. The number of hydrogen-bond acceptors (Lipinski definition) is 4. The third kappa shape index (κ3) is 8.30. The van der Waals surface area contributed by atoms with Crippen molar-refractivity contribution in [1.29, 1.82) is 0 Å². The lowest BCUT2D eigenvalue weighted by Crippen LogP contribution is -3.11. The van der Waals surface area contributed by atoms with Crippen LogP contribution >= 0.6 is 0 Å². The first-order valence-corrected chi connectivity index (χ1v) is 8.17. The van der Waals surface area contributed by atoms with Gasteiger partial charge in [-0.25, -0.2) is 4.79 Å².